The monoisotopic (exact) mass is 352 g/mol. The molecule has 0 bridgehead atoms. The number of nitrogens with one attached hydrogen (secondary N) is 1. The van der Waals surface area contributed by atoms with Crippen LogP contribution in [0.2, 0.25) is 0 Å². The van der Waals surface area contributed by atoms with Crippen LogP contribution in [0.25, 0.3) is 6.08 Å². The minimum atomic E-state index is -0.548. The largest absolute Gasteiger partial charge is 0.495 e. The molecule has 0 aromatic heterocycles. The number of methoxy groups -OCH3 is 2. The Morgan fingerprint density at radius 2 is 1.96 bits per heavy atom. The van der Waals surface area contributed by atoms with Crippen molar-refractivity contribution in [2.24, 2.45) is 0 Å². The summed E-state index contributed by atoms with van der Waals surface area (Å²) < 4.78 is 21.1. The number of carbonyl (C=O) groups is 1. The Morgan fingerprint density at radius 3 is 2.69 bits per heavy atom. The van der Waals surface area contributed by atoms with Gasteiger partial charge in [-0.05, 0) is 35.9 Å². The first kappa shape index (κ1) is 17.2. The molecular weight excluding hydrogens is 336 g/mol. The first-order valence-electron chi connectivity index (χ1n) is 7.70. The first-order chi connectivity index (χ1) is 12.7. The second kappa shape index (κ2) is 7.49. The first-order valence-corrected chi connectivity index (χ1v) is 7.70. The van der Waals surface area contributed by atoms with Gasteiger partial charge in [0.25, 0.3) is 5.91 Å². The third kappa shape index (κ3) is 3.39. The number of benzene rings is 2. The van der Waals surface area contributed by atoms with Crippen LogP contribution in [0.3, 0.4) is 0 Å². The van der Waals surface area contributed by atoms with Crippen LogP contribution in [0.15, 0.2) is 42.0 Å². The Hall–Kier alpha value is -3.66. The maximum atomic E-state index is 12.5. The number of hydrogen-bond donors (Lipinski definition) is 1. The zero-order chi connectivity index (χ0) is 18.5. The number of fused-ring (bicyclic) bond motifs is 1. The van der Waals surface area contributed by atoms with Gasteiger partial charge in [0.1, 0.15) is 17.4 Å². The summed E-state index contributed by atoms with van der Waals surface area (Å²) in [4.78, 5) is 12.5. The molecule has 0 saturated carbocycles. The Labute approximate surface area is 150 Å². The quantitative estimate of drug-likeness (QED) is 0.657. The summed E-state index contributed by atoms with van der Waals surface area (Å²) in [6.07, 6.45) is 1.45. The van der Waals surface area contributed by atoms with Gasteiger partial charge >= 0.3 is 0 Å². The topological polar surface area (TPSA) is 89.8 Å². The Bertz CT molecular complexity index is 915. The molecule has 0 unspecified atom stereocenters. The van der Waals surface area contributed by atoms with E-state index in [1.54, 1.807) is 36.4 Å². The molecule has 2 aromatic rings. The van der Waals surface area contributed by atoms with E-state index in [2.05, 4.69) is 5.32 Å². The molecule has 7 heteroatoms. The summed E-state index contributed by atoms with van der Waals surface area (Å²) >= 11 is 0. The molecule has 0 spiro atoms. The fourth-order valence-electron chi connectivity index (χ4n) is 2.49. The second-order valence-electron chi connectivity index (χ2n) is 5.28. The van der Waals surface area contributed by atoms with E-state index in [9.17, 15) is 10.1 Å². The maximum Gasteiger partial charge on any atom is 0.266 e. The van der Waals surface area contributed by atoms with Crippen molar-refractivity contribution < 1.29 is 23.7 Å². The van der Waals surface area contributed by atoms with Crippen LogP contribution in [-0.4, -0.2) is 26.9 Å². The minimum absolute atomic E-state index is 0.0724. The SMILES string of the molecule is COc1ccccc1NC(=O)/C(C#N)=C/c1cc(OC)c2c(c1)OCO2. The third-order valence-corrected chi connectivity index (χ3v) is 3.71. The average molecular weight is 352 g/mol. The van der Waals surface area contributed by atoms with E-state index < -0.39 is 5.91 Å². The van der Waals surface area contributed by atoms with E-state index in [4.69, 9.17) is 18.9 Å². The minimum Gasteiger partial charge on any atom is -0.495 e. The maximum absolute atomic E-state index is 12.5. The third-order valence-electron chi connectivity index (χ3n) is 3.71. The number of carbonyl (C=O) groups excluding carboxylic acids is 1. The van der Waals surface area contributed by atoms with Gasteiger partial charge in [0.15, 0.2) is 11.5 Å². The van der Waals surface area contributed by atoms with Gasteiger partial charge in [0.2, 0.25) is 12.5 Å². The fraction of sp³-hybridized carbons (Fsp3) is 0.158. The highest BCUT2D eigenvalue weighted by Crippen LogP contribution is 2.42. The van der Waals surface area contributed by atoms with Gasteiger partial charge in [-0.2, -0.15) is 5.26 Å². The van der Waals surface area contributed by atoms with Gasteiger partial charge in [-0.25, -0.2) is 0 Å². The predicted octanol–water partition coefficient (Wildman–Crippen LogP) is 2.98. The summed E-state index contributed by atoms with van der Waals surface area (Å²) in [6.45, 7) is 0.0955. The molecule has 26 heavy (non-hydrogen) atoms. The lowest BCUT2D eigenvalue weighted by Gasteiger charge is -2.09. The predicted molar refractivity (Wildman–Crippen MR) is 94.3 cm³/mol. The van der Waals surface area contributed by atoms with E-state index >= 15 is 0 Å². The normalized spacial score (nSPS) is 12.3. The molecule has 2 aromatic carbocycles. The van der Waals surface area contributed by atoms with Gasteiger partial charge in [-0.1, -0.05) is 12.1 Å². The summed E-state index contributed by atoms with van der Waals surface area (Å²) in [5, 5.41) is 12.1. The van der Waals surface area contributed by atoms with E-state index in [0.717, 1.165) is 0 Å². The van der Waals surface area contributed by atoms with E-state index in [0.29, 0.717) is 34.2 Å². The number of rotatable bonds is 5. The molecule has 7 nitrogen and oxygen atoms in total. The zero-order valence-electron chi connectivity index (χ0n) is 14.2. The standard InChI is InChI=1S/C19H16N2O5/c1-23-15-6-4-3-5-14(15)21-19(22)13(10-20)7-12-8-16(24-2)18-17(9-12)25-11-26-18/h3-9H,11H2,1-2H3,(H,21,22)/b13-7+. The molecule has 0 radical (unpaired) electrons. The number of para-hydroxylation sites is 2. The highest BCUT2D eigenvalue weighted by atomic mass is 16.7. The summed E-state index contributed by atoms with van der Waals surface area (Å²) in [7, 11) is 3.01. The van der Waals surface area contributed by atoms with Crippen LogP contribution in [0.4, 0.5) is 5.69 Å². The smallest absolute Gasteiger partial charge is 0.266 e. The lowest BCUT2D eigenvalue weighted by Crippen LogP contribution is -2.14. The summed E-state index contributed by atoms with van der Waals surface area (Å²) in [5.74, 6) is 1.42. The number of ether oxygens (including phenoxy) is 4. The zero-order valence-corrected chi connectivity index (χ0v) is 14.2. The lowest BCUT2D eigenvalue weighted by atomic mass is 10.1. The second-order valence-corrected chi connectivity index (χ2v) is 5.28. The number of anilines is 1. The van der Waals surface area contributed by atoms with Crippen LogP contribution in [0.1, 0.15) is 5.56 Å². The van der Waals surface area contributed by atoms with Crippen LogP contribution >= 0.6 is 0 Å². The van der Waals surface area contributed by atoms with Gasteiger partial charge in [0.05, 0.1) is 19.9 Å². The number of nitrogens with zero attached hydrogens (tertiary/aromatic N) is 1. The van der Waals surface area contributed by atoms with Crippen LogP contribution in [0, 0.1) is 11.3 Å². The van der Waals surface area contributed by atoms with Crippen LogP contribution in [-0.2, 0) is 4.79 Å². The number of amides is 1. The highest BCUT2D eigenvalue weighted by Gasteiger charge is 2.20. The Morgan fingerprint density at radius 1 is 1.19 bits per heavy atom. The van der Waals surface area contributed by atoms with E-state index in [1.807, 2.05) is 6.07 Å². The molecule has 1 aliphatic rings. The number of hydrogen-bond acceptors (Lipinski definition) is 6. The summed E-state index contributed by atoms with van der Waals surface area (Å²) in [5.41, 5.74) is 0.985. The van der Waals surface area contributed by atoms with Gasteiger partial charge in [-0.15, -0.1) is 0 Å². The Kier molecular flexibility index (Phi) is 4.94. The van der Waals surface area contributed by atoms with E-state index in [-0.39, 0.29) is 12.4 Å². The van der Waals surface area contributed by atoms with Gasteiger partial charge < -0.3 is 24.3 Å². The summed E-state index contributed by atoms with van der Waals surface area (Å²) in [6, 6.07) is 12.2. The Balaban J connectivity index is 1.89. The average Bonchev–Trinajstić information content (AvgIpc) is 3.14. The van der Waals surface area contributed by atoms with Crippen molar-refractivity contribution in [1.82, 2.24) is 0 Å². The molecule has 0 aliphatic carbocycles. The molecule has 1 N–H and O–H groups in total. The molecule has 1 amide bonds. The van der Waals surface area contributed by atoms with Crippen molar-refractivity contribution in [3.63, 3.8) is 0 Å². The molecule has 3 rings (SSSR count). The van der Waals surface area contributed by atoms with Gasteiger partial charge in [-0.3, -0.25) is 4.79 Å². The number of nitriles is 1. The van der Waals surface area contributed by atoms with Gasteiger partial charge in [0, 0.05) is 0 Å². The molecule has 0 fully saturated rings. The van der Waals surface area contributed by atoms with Crippen molar-refractivity contribution in [1.29, 1.82) is 5.26 Å². The van der Waals surface area contributed by atoms with Crippen molar-refractivity contribution in [2.45, 2.75) is 0 Å². The molecule has 132 valence electrons. The molecular formula is C19H16N2O5. The molecule has 0 atom stereocenters. The fourth-order valence-corrected chi connectivity index (χ4v) is 2.49. The van der Waals surface area contributed by atoms with Crippen molar-refractivity contribution in [3.8, 4) is 29.1 Å². The van der Waals surface area contributed by atoms with E-state index in [1.165, 1.54) is 20.3 Å². The van der Waals surface area contributed by atoms with Crippen molar-refractivity contribution >= 4 is 17.7 Å². The molecule has 0 saturated heterocycles. The molecule has 1 aliphatic heterocycles. The molecule has 1 heterocycles. The van der Waals surface area contributed by atoms with Crippen LogP contribution in [0.5, 0.6) is 23.0 Å². The van der Waals surface area contributed by atoms with Crippen molar-refractivity contribution in [3.05, 3.63) is 47.5 Å². The van der Waals surface area contributed by atoms with Crippen LogP contribution < -0.4 is 24.3 Å². The lowest BCUT2D eigenvalue weighted by molar-refractivity contribution is -0.112. The van der Waals surface area contributed by atoms with Crippen molar-refractivity contribution in [2.75, 3.05) is 26.3 Å². The highest BCUT2D eigenvalue weighted by molar-refractivity contribution is 6.10.